The van der Waals surface area contributed by atoms with Crippen molar-refractivity contribution in [3.63, 3.8) is 0 Å². The van der Waals surface area contributed by atoms with E-state index >= 15 is 0 Å². The zero-order valence-corrected chi connectivity index (χ0v) is 23.8. The lowest BCUT2D eigenvalue weighted by Gasteiger charge is -2.52. The third kappa shape index (κ3) is 6.76. The number of aliphatic hydroxyl groups excluding tert-OH is 11. The van der Waals surface area contributed by atoms with E-state index < -0.39 is 129 Å². The Balaban J connectivity index is 1.41. The van der Waals surface area contributed by atoms with Crippen molar-refractivity contribution in [3.8, 4) is 0 Å². The van der Waals surface area contributed by atoms with Crippen LogP contribution in [0.25, 0.3) is 0 Å². The molecule has 18 atom stereocenters. The Morgan fingerprint density at radius 3 is 1.93 bits per heavy atom. The molecule has 16 heteroatoms. The van der Waals surface area contributed by atoms with Gasteiger partial charge < -0.3 is 79.9 Å². The number of aliphatic hydroxyl groups is 11. The zero-order valence-electron chi connectivity index (χ0n) is 23.8. The molecule has 0 aromatic carbocycles. The predicted octanol–water partition coefficient (Wildman–Crippen LogP) is -5.19. The molecule has 5 aliphatic rings. The Hall–Kier alpha value is -0.640. The van der Waals surface area contributed by atoms with Gasteiger partial charge in [0.05, 0.1) is 55.4 Å². The van der Waals surface area contributed by atoms with E-state index in [2.05, 4.69) is 0 Å². The highest BCUT2D eigenvalue weighted by atomic mass is 16.8. The maximum Gasteiger partial charge on any atom is 0.187 e. The maximum absolute atomic E-state index is 11.0. The van der Waals surface area contributed by atoms with Crippen molar-refractivity contribution in [1.82, 2.24) is 0 Å². The highest BCUT2D eigenvalue weighted by Gasteiger charge is 2.54. The molecule has 8 unspecified atom stereocenters. The quantitative estimate of drug-likeness (QED) is 0.132. The van der Waals surface area contributed by atoms with E-state index in [1.54, 1.807) is 0 Å². The minimum absolute atomic E-state index is 0.0392. The first kappa shape index (κ1) is 33.7. The Morgan fingerprint density at radius 2 is 1.28 bits per heavy atom. The third-order valence-corrected chi connectivity index (χ3v) is 9.77. The topological polar surface area (TPSA) is 269 Å². The minimum Gasteiger partial charge on any atom is -0.394 e. The SMILES string of the molecule is C[C@@H]1O[C@@H](O[C@H]2[C@H](OC3CC4C(O)CC(O)CC4OC3C3CC(O)C(O)C(O)C3)O[C@H](CO)[C@@H](O)[C@@H]2O)[C@H](O)[C@H](O)[C@H]1O. The molecule has 3 saturated heterocycles. The van der Waals surface area contributed by atoms with Crippen LogP contribution < -0.4 is 0 Å². The van der Waals surface area contributed by atoms with Gasteiger partial charge in [-0.1, -0.05) is 0 Å². The second kappa shape index (κ2) is 13.6. The van der Waals surface area contributed by atoms with Crippen LogP contribution in [-0.2, 0) is 23.7 Å². The molecule has 0 radical (unpaired) electrons. The summed E-state index contributed by atoms with van der Waals surface area (Å²) in [4.78, 5) is 0. The summed E-state index contributed by atoms with van der Waals surface area (Å²) in [6.45, 7) is 0.728. The monoisotopic (exact) mass is 626 g/mol. The molecule has 5 fully saturated rings. The fourth-order valence-corrected chi connectivity index (χ4v) is 7.23. The van der Waals surface area contributed by atoms with Crippen LogP contribution in [0.15, 0.2) is 0 Å². The van der Waals surface area contributed by atoms with Crippen LogP contribution in [0.1, 0.15) is 39.0 Å². The van der Waals surface area contributed by atoms with E-state index in [1.807, 2.05) is 0 Å². The second-order valence-electron chi connectivity index (χ2n) is 12.8. The molecular formula is C27H46O16. The van der Waals surface area contributed by atoms with Crippen molar-refractivity contribution < 1.29 is 79.9 Å². The van der Waals surface area contributed by atoms with E-state index in [-0.39, 0.29) is 32.1 Å². The number of hydrogen-bond donors (Lipinski definition) is 11. The van der Waals surface area contributed by atoms with Crippen molar-refractivity contribution in [2.45, 2.75) is 149 Å². The maximum atomic E-state index is 11.0. The summed E-state index contributed by atoms with van der Waals surface area (Å²) in [5.74, 6) is -1.04. The van der Waals surface area contributed by atoms with Gasteiger partial charge in [0.25, 0.3) is 0 Å². The van der Waals surface area contributed by atoms with Gasteiger partial charge in [0.2, 0.25) is 0 Å². The molecule has 0 aromatic heterocycles. The third-order valence-electron chi connectivity index (χ3n) is 9.77. The van der Waals surface area contributed by atoms with Crippen LogP contribution in [0.5, 0.6) is 0 Å². The Morgan fingerprint density at radius 1 is 0.605 bits per heavy atom. The van der Waals surface area contributed by atoms with E-state index in [9.17, 15) is 56.2 Å². The van der Waals surface area contributed by atoms with Gasteiger partial charge in [0.15, 0.2) is 12.6 Å². The van der Waals surface area contributed by atoms with E-state index in [4.69, 9.17) is 23.7 Å². The summed E-state index contributed by atoms with van der Waals surface area (Å²) < 4.78 is 29.8. The number of rotatable bonds is 6. The van der Waals surface area contributed by atoms with Gasteiger partial charge in [-0.05, 0) is 44.9 Å². The first-order valence-electron chi connectivity index (χ1n) is 15.0. The zero-order chi connectivity index (χ0) is 31.3. The fraction of sp³-hybridized carbons (Fsp3) is 1.00. The lowest BCUT2D eigenvalue weighted by Crippen LogP contribution is -2.65. The van der Waals surface area contributed by atoms with E-state index in [0.29, 0.717) is 0 Å². The number of fused-ring (bicyclic) bond motifs is 1. The highest BCUT2D eigenvalue weighted by Crippen LogP contribution is 2.43. The van der Waals surface area contributed by atoms with Gasteiger partial charge in [-0.2, -0.15) is 0 Å². The van der Waals surface area contributed by atoms with Gasteiger partial charge in [-0.3, -0.25) is 0 Å². The molecule has 3 heterocycles. The summed E-state index contributed by atoms with van der Waals surface area (Å²) in [7, 11) is 0. The van der Waals surface area contributed by atoms with Crippen LogP contribution in [0.2, 0.25) is 0 Å². The Labute approximate surface area is 248 Å². The molecule has 250 valence electrons. The molecule has 5 rings (SSSR count). The summed E-state index contributed by atoms with van der Waals surface area (Å²) in [5.41, 5.74) is 0. The lowest BCUT2D eigenvalue weighted by atomic mass is 9.72. The standard InChI is InChI=1S/C27H46O16/c1-8-18(33)21(36)23(38)26(39-8)43-25-22(37)20(35)17(7-28)42-27(25)41-16-6-11-12(30)4-10(29)5-15(11)40-24(16)9-2-13(31)19(34)14(32)3-9/h8-38H,2-7H2,1H3/t8-,9?,10?,11?,12?,13?,14?,15?,16?,17+,18-,19?,20+,21+,22-,23+,24?,25+,26-,27+/m0/s1. The van der Waals surface area contributed by atoms with Crippen molar-refractivity contribution >= 4 is 0 Å². The Bertz CT molecular complexity index is 902. The highest BCUT2D eigenvalue weighted by molar-refractivity contribution is 5.00. The summed E-state index contributed by atoms with van der Waals surface area (Å²) in [6.07, 6.45) is -22.6. The second-order valence-corrected chi connectivity index (χ2v) is 12.8. The average molecular weight is 627 g/mol. The normalized spacial score (nSPS) is 56.4. The van der Waals surface area contributed by atoms with Crippen molar-refractivity contribution in [2.24, 2.45) is 11.8 Å². The van der Waals surface area contributed by atoms with Gasteiger partial charge in [0, 0.05) is 5.92 Å². The van der Waals surface area contributed by atoms with Gasteiger partial charge in [-0.15, -0.1) is 0 Å². The lowest BCUT2D eigenvalue weighted by molar-refractivity contribution is -0.377. The largest absolute Gasteiger partial charge is 0.394 e. The molecule has 43 heavy (non-hydrogen) atoms. The smallest absolute Gasteiger partial charge is 0.187 e. The minimum atomic E-state index is -1.75. The summed E-state index contributed by atoms with van der Waals surface area (Å²) in [6, 6.07) is 0. The van der Waals surface area contributed by atoms with Crippen molar-refractivity contribution in [1.29, 1.82) is 0 Å². The average Bonchev–Trinajstić information content (AvgIpc) is 2.96. The molecule has 11 N–H and O–H groups in total. The van der Waals surface area contributed by atoms with Crippen molar-refractivity contribution in [2.75, 3.05) is 6.61 Å². The van der Waals surface area contributed by atoms with Gasteiger partial charge >= 0.3 is 0 Å². The van der Waals surface area contributed by atoms with Gasteiger partial charge in [0.1, 0.15) is 48.8 Å². The molecule has 0 spiro atoms. The molecule has 2 aliphatic carbocycles. The first-order valence-corrected chi connectivity index (χ1v) is 15.0. The van der Waals surface area contributed by atoms with E-state index in [1.165, 1.54) is 6.92 Å². The van der Waals surface area contributed by atoms with Gasteiger partial charge in [-0.25, -0.2) is 0 Å². The van der Waals surface area contributed by atoms with Crippen LogP contribution in [0, 0.1) is 11.8 Å². The fourth-order valence-electron chi connectivity index (χ4n) is 7.23. The Kier molecular flexibility index (Phi) is 10.7. The summed E-state index contributed by atoms with van der Waals surface area (Å²) >= 11 is 0. The molecular weight excluding hydrogens is 580 g/mol. The van der Waals surface area contributed by atoms with Crippen LogP contribution in [0.4, 0.5) is 0 Å². The summed E-state index contributed by atoms with van der Waals surface area (Å²) in [5, 5.41) is 114. The molecule has 3 aliphatic heterocycles. The van der Waals surface area contributed by atoms with Crippen LogP contribution in [0.3, 0.4) is 0 Å². The molecule has 0 amide bonds. The molecule has 0 bridgehead atoms. The first-order chi connectivity index (χ1) is 20.3. The number of ether oxygens (including phenoxy) is 5. The van der Waals surface area contributed by atoms with Crippen molar-refractivity contribution in [3.05, 3.63) is 0 Å². The molecule has 0 aromatic rings. The van der Waals surface area contributed by atoms with Crippen LogP contribution >= 0.6 is 0 Å². The van der Waals surface area contributed by atoms with E-state index in [0.717, 1.165) is 0 Å². The predicted molar refractivity (Wildman–Crippen MR) is 139 cm³/mol. The number of hydrogen-bond acceptors (Lipinski definition) is 16. The molecule has 2 saturated carbocycles. The van der Waals surface area contributed by atoms with Crippen LogP contribution in [-0.4, -0.2) is 173 Å². The molecule has 16 nitrogen and oxygen atoms in total.